The van der Waals surface area contributed by atoms with Gasteiger partial charge >= 0.3 is 5.97 Å². The summed E-state index contributed by atoms with van der Waals surface area (Å²) in [5, 5.41) is 13.2. The maximum Gasteiger partial charge on any atom is 0.346 e. The Bertz CT molecular complexity index is 712. The molecule has 0 bridgehead atoms. The highest BCUT2D eigenvalue weighted by atomic mass is 32.2. The number of carboxylic acids is 1. The number of fused-ring (bicyclic) bond motifs is 1. The van der Waals surface area contributed by atoms with Crippen molar-refractivity contribution in [1.29, 1.82) is 0 Å². The monoisotopic (exact) mass is 323 g/mol. The Labute approximate surface area is 129 Å². The molecule has 21 heavy (non-hydrogen) atoms. The van der Waals surface area contributed by atoms with Gasteiger partial charge in [0, 0.05) is 11.9 Å². The van der Waals surface area contributed by atoms with Crippen LogP contribution in [0.2, 0.25) is 0 Å². The number of hydrogen-bond donors (Lipinski definition) is 2. The summed E-state index contributed by atoms with van der Waals surface area (Å²) in [6.45, 7) is 5.67. The summed E-state index contributed by atoms with van der Waals surface area (Å²) in [4.78, 5) is 31.9. The van der Waals surface area contributed by atoms with Crippen LogP contribution in [0, 0.1) is 6.92 Å². The average molecular weight is 323 g/mol. The molecule has 0 saturated carbocycles. The SMILES string of the molecule is C=CCNC(=O)CSc1ncnc2sc(C(=O)O)c(C)c12. The van der Waals surface area contributed by atoms with Gasteiger partial charge in [-0.2, -0.15) is 0 Å². The first kappa shape index (κ1) is 15.5. The first-order valence-corrected chi connectivity index (χ1v) is 7.82. The fourth-order valence-electron chi connectivity index (χ4n) is 1.72. The summed E-state index contributed by atoms with van der Waals surface area (Å²) >= 11 is 2.38. The number of aryl methyl sites for hydroxylation is 1. The number of carbonyl (C=O) groups excluding carboxylic acids is 1. The number of amides is 1. The zero-order chi connectivity index (χ0) is 15.4. The molecular weight excluding hydrogens is 310 g/mol. The summed E-state index contributed by atoms with van der Waals surface area (Å²) in [6.07, 6.45) is 2.99. The summed E-state index contributed by atoms with van der Waals surface area (Å²) < 4.78 is 0. The maximum atomic E-state index is 11.6. The lowest BCUT2D eigenvalue weighted by Gasteiger charge is -2.03. The van der Waals surface area contributed by atoms with Crippen molar-refractivity contribution in [2.45, 2.75) is 11.9 Å². The Morgan fingerprint density at radius 1 is 1.52 bits per heavy atom. The number of hydrogen-bond acceptors (Lipinski definition) is 6. The molecule has 0 saturated heterocycles. The maximum absolute atomic E-state index is 11.6. The predicted octanol–water partition coefficient (Wildman–Crippen LogP) is 2.09. The quantitative estimate of drug-likeness (QED) is 0.480. The molecule has 0 atom stereocenters. The summed E-state index contributed by atoms with van der Waals surface area (Å²) in [5.41, 5.74) is 0.636. The zero-order valence-electron chi connectivity index (χ0n) is 11.3. The first-order chi connectivity index (χ1) is 10.0. The minimum atomic E-state index is -0.977. The number of carboxylic acid groups (broad SMARTS) is 1. The van der Waals surface area contributed by atoms with Gasteiger partial charge in [0.05, 0.1) is 5.75 Å². The molecule has 0 aliphatic rings. The molecule has 1 amide bonds. The van der Waals surface area contributed by atoms with Crippen molar-refractivity contribution in [2.75, 3.05) is 12.3 Å². The van der Waals surface area contributed by atoms with E-state index < -0.39 is 5.97 Å². The third-order valence-corrected chi connectivity index (χ3v) is 4.85. The highest BCUT2D eigenvalue weighted by Gasteiger charge is 2.19. The van der Waals surface area contributed by atoms with Gasteiger partial charge in [0.1, 0.15) is 21.1 Å². The smallest absolute Gasteiger partial charge is 0.346 e. The van der Waals surface area contributed by atoms with E-state index in [-0.39, 0.29) is 16.5 Å². The van der Waals surface area contributed by atoms with Gasteiger partial charge in [0.2, 0.25) is 5.91 Å². The van der Waals surface area contributed by atoms with Crippen LogP contribution in [0.25, 0.3) is 10.2 Å². The Morgan fingerprint density at radius 2 is 2.29 bits per heavy atom. The number of carbonyl (C=O) groups is 2. The number of aromatic carboxylic acids is 1. The van der Waals surface area contributed by atoms with Crippen molar-refractivity contribution in [3.63, 3.8) is 0 Å². The number of nitrogens with zero attached hydrogens (tertiary/aromatic N) is 2. The second kappa shape index (κ2) is 6.68. The van der Waals surface area contributed by atoms with Crippen molar-refractivity contribution in [3.8, 4) is 0 Å². The molecule has 0 unspecified atom stereocenters. The van der Waals surface area contributed by atoms with Gasteiger partial charge in [-0.25, -0.2) is 14.8 Å². The number of nitrogens with one attached hydrogen (secondary N) is 1. The molecule has 2 rings (SSSR count). The van der Waals surface area contributed by atoms with E-state index >= 15 is 0 Å². The molecular formula is C13H13N3O3S2. The van der Waals surface area contributed by atoms with Crippen LogP contribution in [-0.4, -0.2) is 39.2 Å². The minimum absolute atomic E-state index is 0.127. The van der Waals surface area contributed by atoms with E-state index in [1.54, 1.807) is 13.0 Å². The molecule has 2 aromatic rings. The van der Waals surface area contributed by atoms with Crippen LogP contribution in [-0.2, 0) is 4.79 Å². The van der Waals surface area contributed by atoms with E-state index in [1.165, 1.54) is 18.1 Å². The summed E-state index contributed by atoms with van der Waals surface area (Å²) in [6, 6.07) is 0. The number of rotatable bonds is 6. The fourth-order valence-corrected chi connectivity index (χ4v) is 3.66. The van der Waals surface area contributed by atoms with Crippen LogP contribution in [0.3, 0.4) is 0 Å². The molecule has 110 valence electrons. The molecule has 0 radical (unpaired) electrons. The van der Waals surface area contributed by atoms with E-state index in [2.05, 4.69) is 21.9 Å². The second-order valence-corrected chi connectivity index (χ2v) is 6.06. The van der Waals surface area contributed by atoms with Crippen molar-refractivity contribution in [3.05, 3.63) is 29.4 Å². The molecule has 0 aromatic carbocycles. The summed E-state index contributed by atoms with van der Waals surface area (Å²) in [5.74, 6) is -0.898. The van der Waals surface area contributed by atoms with E-state index in [1.807, 2.05) is 0 Å². The molecule has 0 aliphatic heterocycles. The van der Waals surface area contributed by atoms with Crippen molar-refractivity contribution >= 4 is 45.2 Å². The van der Waals surface area contributed by atoms with Crippen molar-refractivity contribution in [2.24, 2.45) is 0 Å². The standard InChI is InChI=1S/C13H13N3O3S2/c1-3-4-14-8(17)5-20-11-9-7(2)10(13(18)19)21-12(9)16-6-15-11/h3,6H,1,4-5H2,2H3,(H,14,17)(H,18,19). The average Bonchev–Trinajstić information content (AvgIpc) is 2.81. The van der Waals surface area contributed by atoms with Crippen molar-refractivity contribution < 1.29 is 14.7 Å². The number of aromatic nitrogens is 2. The Balaban J connectivity index is 2.26. The van der Waals surface area contributed by atoms with Crippen LogP contribution in [0.15, 0.2) is 24.0 Å². The van der Waals surface area contributed by atoms with Gasteiger partial charge in [-0.05, 0) is 12.5 Å². The third kappa shape index (κ3) is 3.40. The van der Waals surface area contributed by atoms with E-state index in [9.17, 15) is 9.59 Å². The zero-order valence-corrected chi connectivity index (χ0v) is 12.9. The lowest BCUT2D eigenvalue weighted by molar-refractivity contribution is -0.118. The van der Waals surface area contributed by atoms with Gasteiger partial charge < -0.3 is 10.4 Å². The van der Waals surface area contributed by atoms with Gasteiger partial charge in [0.25, 0.3) is 0 Å². The minimum Gasteiger partial charge on any atom is -0.477 e. The lowest BCUT2D eigenvalue weighted by atomic mass is 10.2. The molecule has 6 nitrogen and oxygen atoms in total. The second-order valence-electron chi connectivity index (χ2n) is 4.10. The topological polar surface area (TPSA) is 92.2 Å². The van der Waals surface area contributed by atoms with Crippen LogP contribution >= 0.6 is 23.1 Å². The van der Waals surface area contributed by atoms with Crippen LogP contribution in [0.4, 0.5) is 0 Å². The predicted molar refractivity (Wildman–Crippen MR) is 83.0 cm³/mol. The van der Waals surface area contributed by atoms with E-state index in [0.29, 0.717) is 27.4 Å². The Hall–Kier alpha value is -1.93. The largest absolute Gasteiger partial charge is 0.477 e. The van der Waals surface area contributed by atoms with E-state index in [4.69, 9.17) is 5.11 Å². The summed E-state index contributed by atoms with van der Waals surface area (Å²) in [7, 11) is 0. The Kier molecular flexibility index (Phi) is 4.92. The molecule has 2 aromatic heterocycles. The number of thioether (sulfide) groups is 1. The fraction of sp³-hybridized carbons (Fsp3) is 0.231. The molecule has 2 heterocycles. The van der Waals surface area contributed by atoms with Gasteiger partial charge in [-0.3, -0.25) is 4.79 Å². The molecule has 8 heteroatoms. The molecule has 2 N–H and O–H groups in total. The van der Waals surface area contributed by atoms with Crippen LogP contribution < -0.4 is 5.32 Å². The molecule has 0 spiro atoms. The van der Waals surface area contributed by atoms with Gasteiger partial charge in [0.15, 0.2) is 0 Å². The Morgan fingerprint density at radius 3 is 2.95 bits per heavy atom. The van der Waals surface area contributed by atoms with Crippen LogP contribution in [0.1, 0.15) is 15.2 Å². The number of thiophene rings is 1. The van der Waals surface area contributed by atoms with Crippen molar-refractivity contribution in [1.82, 2.24) is 15.3 Å². The lowest BCUT2D eigenvalue weighted by Crippen LogP contribution is -2.24. The first-order valence-electron chi connectivity index (χ1n) is 6.02. The van der Waals surface area contributed by atoms with E-state index in [0.717, 1.165) is 11.3 Å². The van der Waals surface area contributed by atoms with Gasteiger partial charge in [-0.15, -0.1) is 17.9 Å². The molecule has 0 fully saturated rings. The normalized spacial score (nSPS) is 10.5. The third-order valence-electron chi connectivity index (χ3n) is 2.67. The highest BCUT2D eigenvalue weighted by molar-refractivity contribution is 8.00. The van der Waals surface area contributed by atoms with Gasteiger partial charge in [-0.1, -0.05) is 17.8 Å². The highest BCUT2D eigenvalue weighted by Crippen LogP contribution is 2.34. The molecule has 0 aliphatic carbocycles. The van der Waals surface area contributed by atoms with Crippen LogP contribution in [0.5, 0.6) is 0 Å².